The quantitative estimate of drug-likeness (QED) is 0.0694. The molecule has 0 aromatic carbocycles. The zero-order valence-electron chi connectivity index (χ0n) is 26.9. The van der Waals surface area contributed by atoms with Gasteiger partial charge in [0, 0.05) is 49.5 Å². The van der Waals surface area contributed by atoms with Crippen molar-refractivity contribution in [3.05, 3.63) is 40.9 Å². The second-order valence-electron chi connectivity index (χ2n) is 11.3. The van der Waals surface area contributed by atoms with E-state index in [2.05, 4.69) is 32.4 Å². The minimum Gasteiger partial charge on any atom is -0.356 e. The SMILES string of the molecule is CCCCCCC(=O)N[C@H](CNC(=O)CCCCCNC(=O)CCC1=N/C(=C\c2c(C)cc(C)n2B(F)F)C=C1)COP(=O)(O)O. The predicted molar refractivity (Wildman–Crippen MR) is 174 cm³/mol. The van der Waals surface area contributed by atoms with Crippen LogP contribution >= 0.6 is 7.82 Å². The number of nitrogens with zero attached hydrogens (tertiary/aromatic N) is 2. The molecule has 1 aliphatic rings. The molecule has 0 fully saturated rings. The van der Waals surface area contributed by atoms with Crippen LogP contribution < -0.4 is 16.0 Å². The summed E-state index contributed by atoms with van der Waals surface area (Å²) in [6.45, 7) is 5.44. The van der Waals surface area contributed by atoms with E-state index in [1.807, 2.05) is 0 Å². The predicted octanol–water partition coefficient (Wildman–Crippen LogP) is 4.37. The minimum absolute atomic E-state index is 0.0319. The van der Waals surface area contributed by atoms with E-state index >= 15 is 0 Å². The lowest BCUT2D eigenvalue weighted by Gasteiger charge is -2.20. The van der Waals surface area contributed by atoms with E-state index in [1.165, 1.54) is 0 Å². The van der Waals surface area contributed by atoms with Crippen LogP contribution in [-0.2, 0) is 23.5 Å². The Labute approximate surface area is 270 Å². The zero-order chi connectivity index (χ0) is 34.1. The van der Waals surface area contributed by atoms with E-state index < -0.39 is 27.9 Å². The van der Waals surface area contributed by atoms with E-state index in [0.717, 1.165) is 29.3 Å². The lowest BCUT2D eigenvalue weighted by atomic mass is 10.1. The van der Waals surface area contributed by atoms with Crippen molar-refractivity contribution in [1.82, 2.24) is 20.4 Å². The number of hydrogen-bond acceptors (Lipinski definition) is 6. The van der Waals surface area contributed by atoms with Gasteiger partial charge in [0.15, 0.2) is 0 Å². The maximum atomic E-state index is 13.4. The van der Waals surface area contributed by atoms with Gasteiger partial charge in [0.1, 0.15) is 0 Å². The first-order valence-corrected chi connectivity index (χ1v) is 17.3. The van der Waals surface area contributed by atoms with E-state index in [1.54, 1.807) is 38.1 Å². The van der Waals surface area contributed by atoms with Gasteiger partial charge in [-0.3, -0.25) is 32.5 Å². The number of carbonyl (C=O) groups is 3. The highest BCUT2D eigenvalue weighted by molar-refractivity contribution is 7.46. The first-order chi connectivity index (χ1) is 21.8. The molecule has 0 unspecified atom stereocenters. The molecule has 0 bridgehead atoms. The Balaban J connectivity index is 1.64. The third kappa shape index (κ3) is 15.4. The molecule has 0 aliphatic carbocycles. The topological polar surface area (TPSA) is 171 Å². The highest BCUT2D eigenvalue weighted by Crippen LogP contribution is 2.35. The summed E-state index contributed by atoms with van der Waals surface area (Å²) in [6.07, 6.45) is 11.8. The zero-order valence-corrected chi connectivity index (χ0v) is 27.8. The summed E-state index contributed by atoms with van der Waals surface area (Å²) in [7, 11) is -7.38. The van der Waals surface area contributed by atoms with E-state index in [4.69, 9.17) is 9.79 Å². The molecule has 1 aromatic heterocycles. The minimum atomic E-state index is -4.73. The number of nitrogens with one attached hydrogen (secondary N) is 3. The molecule has 0 spiro atoms. The van der Waals surface area contributed by atoms with Crippen LogP contribution in [0.2, 0.25) is 0 Å². The number of aliphatic imine (C=N–C) groups is 1. The fourth-order valence-corrected chi connectivity index (χ4v) is 5.26. The van der Waals surface area contributed by atoms with Crippen molar-refractivity contribution >= 4 is 44.7 Å². The van der Waals surface area contributed by atoms with Gasteiger partial charge in [0.2, 0.25) is 17.7 Å². The Morgan fingerprint density at radius 3 is 2.35 bits per heavy atom. The van der Waals surface area contributed by atoms with Crippen molar-refractivity contribution in [3.8, 4) is 0 Å². The number of carbonyl (C=O) groups excluding carboxylic acids is 3. The van der Waals surface area contributed by atoms with Crippen molar-refractivity contribution in [1.29, 1.82) is 0 Å². The van der Waals surface area contributed by atoms with Crippen LogP contribution in [-0.4, -0.2) is 70.8 Å². The number of unbranched alkanes of at least 4 members (excludes halogenated alkanes) is 5. The fourth-order valence-electron chi connectivity index (χ4n) is 4.88. The van der Waals surface area contributed by atoms with Gasteiger partial charge in [-0.15, -0.1) is 0 Å². The Kier molecular flexibility index (Phi) is 17.1. The summed E-state index contributed by atoms with van der Waals surface area (Å²) >= 11 is 0. The number of aryl methyl sites for hydroxylation is 2. The molecule has 46 heavy (non-hydrogen) atoms. The fraction of sp³-hybridized carbons (Fsp3) is 0.600. The Morgan fingerprint density at radius 1 is 1.00 bits per heavy atom. The first kappa shape index (κ1) is 39.1. The van der Waals surface area contributed by atoms with Crippen LogP contribution in [0.25, 0.3) is 6.08 Å². The van der Waals surface area contributed by atoms with Gasteiger partial charge in [-0.1, -0.05) is 32.6 Å². The van der Waals surface area contributed by atoms with Crippen LogP contribution in [0, 0.1) is 13.8 Å². The molecule has 0 radical (unpaired) electrons. The van der Waals surface area contributed by atoms with Gasteiger partial charge in [-0.2, -0.15) is 0 Å². The average Bonchev–Trinajstić information content (AvgIpc) is 3.55. The van der Waals surface area contributed by atoms with Gasteiger partial charge in [-0.05, 0) is 69.4 Å². The summed E-state index contributed by atoms with van der Waals surface area (Å²) in [6, 6.07) is 0.915. The summed E-state index contributed by atoms with van der Waals surface area (Å²) in [5.74, 6) is -0.682. The van der Waals surface area contributed by atoms with Crippen molar-refractivity contribution in [2.24, 2.45) is 4.99 Å². The second kappa shape index (κ2) is 20.2. The standard InChI is InChI=1S/C30H47BF2N5O7P/c1-4-5-6-8-12-30(41)37-26(21-45-46(42,43)44)20-35-28(39)11-9-7-10-17-34-29(40)16-15-24-13-14-25(36-24)19-27-22(2)18-23(3)38(27)31(32)33/h13-14,18-19,26H,4-12,15-17,20-21H2,1-3H3,(H,34,40)(H,35,39)(H,37,41)(H2,42,43,44)/b25-19-/t26-/m1/s1. The molecule has 256 valence electrons. The van der Waals surface area contributed by atoms with Gasteiger partial charge in [0.05, 0.1) is 18.3 Å². The second-order valence-corrected chi connectivity index (χ2v) is 12.6. The largest absolute Gasteiger partial charge is 0.677 e. The number of rotatable bonds is 22. The lowest BCUT2D eigenvalue weighted by Crippen LogP contribution is -2.46. The molecule has 5 N–H and O–H groups in total. The third-order valence-electron chi connectivity index (χ3n) is 7.29. The molecule has 1 atom stereocenters. The van der Waals surface area contributed by atoms with Gasteiger partial charge in [0.25, 0.3) is 0 Å². The number of allylic oxidation sites excluding steroid dienone is 2. The lowest BCUT2D eigenvalue weighted by molar-refractivity contribution is -0.124. The molecular formula is C30H47BF2N5O7P. The molecule has 0 saturated heterocycles. The molecule has 2 heterocycles. The maximum absolute atomic E-state index is 13.4. The number of aromatic nitrogens is 1. The van der Waals surface area contributed by atoms with Gasteiger partial charge >= 0.3 is 15.2 Å². The molecular weight excluding hydrogens is 622 g/mol. The van der Waals surface area contributed by atoms with Crippen molar-refractivity contribution in [2.75, 3.05) is 19.7 Å². The van der Waals surface area contributed by atoms with Crippen molar-refractivity contribution in [3.63, 3.8) is 0 Å². The molecule has 16 heteroatoms. The van der Waals surface area contributed by atoms with Crippen LogP contribution in [0.15, 0.2) is 28.9 Å². The number of hydrogen-bond donors (Lipinski definition) is 5. The average molecular weight is 670 g/mol. The Morgan fingerprint density at radius 2 is 1.67 bits per heavy atom. The van der Waals surface area contributed by atoms with Gasteiger partial charge in [-0.25, -0.2) is 4.57 Å². The van der Waals surface area contributed by atoms with E-state index in [0.29, 0.717) is 61.4 Å². The highest BCUT2D eigenvalue weighted by Gasteiger charge is 2.24. The smallest absolute Gasteiger partial charge is 0.356 e. The van der Waals surface area contributed by atoms with Crippen LogP contribution in [0.3, 0.4) is 0 Å². The monoisotopic (exact) mass is 669 g/mol. The Bertz CT molecular complexity index is 1310. The van der Waals surface area contributed by atoms with Gasteiger partial charge < -0.3 is 30.2 Å². The number of phosphoric ester groups is 1. The summed E-state index contributed by atoms with van der Waals surface area (Å²) in [4.78, 5) is 59.2. The maximum Gasteiger partial charge on any atom is 0.677 e. The summed E-state index contributed by atoms with van der Waals surface area (Å²) < 4.78 is 43.5. The summed E-state index contributed by atoms with van der Waals surface area (Å²) in [5.41, 5.74) is 2.85. The summed E-state index contributed by atoms with van der Waals surface area (Å²) in [5, 5.41) is 8.18. The van der Waals surface area contributed by atoms with Crippen LogP contribution in [0.4, 0.5) is 8.63 Å². The Hall–Kier alpha value is -3.13. The highest BCUT2D eigenvalue weighted by atomic mass is 31.2. The van der Waals surface area contributed by atoms with Crippen molar-refractivity contribution < 1.29 is 41.9 Å². The molecule has 3 amide bonds. The van der Waals surface area contributed by atoms with Crippen LogP contribution in [0.1, 0.15) is 94.5 Å². The van der Waals surface area contributed by atoms with Crippen molar-refractivity contribution in [2.45, 2.75) is 97.4 Å². The normalized spacial score (nSPS) is 14.3. The third-order valence-corrected chi connectivity index (χ3v) is 7.78. The molecule has 1 aliphatic heterocycles. The number of amides is 3. The number of halogens is 2. The van der Waals surface area contributed by atoms with E-state index in [-0.39, 0.29) is 43.5 Å². The first-order valence-electron chi connectivity index (χ1n) is 15.8. The molecule has 2 rings (SSSR count). The van der Waals surface area contributed by atoms with Crippen LogP contribution in [0.5, 0.6) is 0 Å². The molecule has 0 saturated carbocycles. The molecule has 12 nitrogen and oxygen atoms in total. The molecule has 1 aromatic rings. The van der Waals surface area contributed by atoms with E-state index in [9.17, 15) is 27.6 Å². The number of phosphoric acid groups is 1.